The van der Waals surface area contributed by atoms with Crippen molar-refractivity contribution in [1.29, 1.82) is 0 Å². The summed E-state index contributed by atoms with van der Waals surface area (Å²) in [5.74, 6) is 0.426. The normalized spacial score (nSPS) is 11.6. The fourth-order valence-electron chi connectivity index (χ4n) is 2.39. The molecule has 0 atom stereocenters. The van der Waals surface area contributed by atoms with E-state index >= 15 is 0 Å². The van der Waals surface area contributed by atoms with Crippen LogP contribution >= 0.6 is 0 Å². The van der Waals surface area contributed by atoms with Crippen molar-refractivity contribution in [3.05, 3.63) is 60.2 Å². The van der Waals surface area contributed by atoms with Gasteiger partial charge in [-0.2, -0.15) is 0 Å². The third kappa shape index (κ3) is 3.17. The van der Waals surface area contributed by atoms with Crippen LogP contribution in [0.15, 0.2) is 53.4 Å². The zero-order valence-corrected chi connectivity index (χ0v) is 13.5. The Morgan fingerprint density at radius 2 is 1.52 bits per heavy atom. The van der Waals surface area contributed by atoms with E-state index in [1.807, 2.05) is 6.92 Å². The number of aryl methyl sites for hydroxylation is 1. The molecule has 1 aromatic heterocycles. The topological polar surface area (TPSA) is 62.8 Å². The van der Waals surface area contributed by atoms with Crippen molar-refractivity contribution in [3.63, 3.8) is 0 Å². The Labute approximate surface area is 133 Å². The molecule has 3 rings (SSSR count). The minimum atomic E-state index is -3.23. The first-order chi connectivity index (χ1) is 10.8. The highest BCUT2D eigenvalue weighted by molar-refractivity contribution is 7.90. The molecular weight excluding hydrogens is 315 g/mol. The maximum atomic E-state index is 13.1. The predicted molar refractivity (Wildman–Crippen MR) is 87.3 cm³/mol. The van der Waals surface area contributed by atoms with Crippen LogP contribution in [0.25, 0.3) is 22.5 Å². The number of hydrogen-bond acceptors (Lipinski definition) is 3. The van der Waals surface area contributed by atoms with Gasteiger partial charge in [-0.3, -0.25) is 0 Å². The molecule has 6 heteroatoms. The van der Waals surface area contributed by atoms with Gasteiger partial charge in [0.15, 0.2) is 9.84 Å². The largest absolute Gasteiger partial charge is 0.342 e. The molecule has 0 unspecified atom stereocenters. The smallest absolute Gasteiger partial charge is 0.175 e. The monoisotopic (exact) mass is 330 g/mol. The van der Waals surface area contributed by atoms with E-state index in [0.29, 0.717) is 5.69 Å². The minimum Gasteiger partial charge on any atom is -0.342 e. The number of nitrogens with zero attached hydrogens (tertiary/aromatic N) is 1. The lowest BCUT2D eigenvalue weighted by molar-refractivity contribution is 0.602. The highest BCUT2D eigenvalue weighted by Crippen LogP contribution is 2.30. The van der Waals surface area contributed by atoms with E-state index in [9.17, 15) is 12.8 Å². The van der Waals surface area contributed by atoms with E-state index in [1.54, 1.807) is 36.4 Å². The van der Waals surface area contributed by atoms with Crippen LogP contribution in [0.5, 0.6) is 0 Å². The summed E-state index contributed by atoms with van der Waals surface area (Å²) in [6.07, 6.45) is 1.17. The molecule has 0 bridgehead atoms. The van der Waals surface area contributed by atoms with Gasteiger partial charge in [-0.05, 0) is 43.3 Å². The molecule has 23 heavy (non-hydrogen) atoms. The van der Waals surface area contributed by atoms with Gasteiger partial charge in [0, 0.05) is 17.4 Å². The first kappa shape index (κ1) is 15.4. The zero-order chi connectivity index (χ0) is 16.6. The summed E-state index contributed by atoms with van der Waals surface area (Å²) < 4.78 is 36.2. The van der Waals surface area contributed by atoms with Gasteiger partial charge in [0.05, 0.1) is 16.3 Å². The molecule has 0 radical (unpaired) electrons. The van der Waals surface area contributed by atoms with Gasteiger partial charge in [-0.25, -0.2) is 17.8 Å². The Kier molecular flexibility index (Phi) is 3.77. The first-order valence-electron chi connectivity index (χ1n) is 6.97. The van der Waals surface area contributed by atoms with Gasteiger partial charge >= 0.3 is 0 Å². The molecule has 0 aliphatic heterocycles. The van der Waals surface area contributed by atoms with Gasteiger partial charge in [0.2, 0.25) is 0 Å². The molecule has 0 aliphatic rings. The Morgan fingerprint density at radius 1 is 0.957 bits per heavy atom. The molecular formula is C17H15FN2O2S. The molecule has 1 N–H and O–H groups in total. The second kappa shape index (κ2) is 5.62. The summed E-state index contributed by atoms with van der Waals surface area (Å²) >= 11 is 0. The van der Waals surface area contributed by atoms with E-state index in [0.717, 1.165) is 22.6 Å². The van der Waals surface area contributed by atoms with E-state index in [1.165, 1.54) is 18.4 Å². The minimum absolute atomic E-state index is 0.261. The SMILES string of the molecule is Cc1nc(-c2ccc(S(C)(=O)=O)cc2)c(-c2ccc(F)cc2)[nH]1. The second-order valence-corrected chi connectivity index (χ2v) is 7.36. The van der Waals surface area contributed by atoms with Gasteiger partial charge in [0.1, 0.15) is 11.6 Å². The van der Waals surface area contributed by atoms with Crippen LogP contribution < -0.4 is 0 Å². The predicted octanol–water partition coefficient (Wildman–Crippen LogP) is 3.59. The number of hydrogen-bond donors (Lipinski definition) is 1. The van der Waals surface area contributed by atoms with Crippen molar-refractivity contribution in [2.24, 2.45) is 0 Å². The quantitative estimate of drug-likeness (QED) is 0.798. The van der Waals surface area contributed by atoms with E-state index in [4.69, 9.17) is 0 Å². The van der Waals surface area contributed by atoms with E-state index < -0.39 is 9.84 Å². The number of sulfone groups is 1. The average molecular weight is 330 g/mol. The van der Waals surface area contributed by atoms with Crippen LogP contribution in [0, 0.1) is 12.7 Å². The lowest BCUT2D eigenvalue weighted by Gasteiger charge is -2.04. The zero-order valence-electron chi connectivity index (χ0n) is 12.7. The average Bonchev–Trinajstić information content (AvgIpc) is 2.89. The fourth-order valence-corrected chi connectivity index (χ4v) is 3.02. The van der Waals surface area contributed by atoms with Gasteiger partial charge in [0.25, 0.3) is 0 Å². The summed E-state index contributed by atoms with van der Waals surface area (Å²) in [6, 6.07) is 12.7. The molecule has 1 heterocycles. The number of H-pyrrole nitrogens is 1. The summed E-state index contributed by atoms with van der Waals surface area (Å²) in [4.78, 5) is 7.91. The highest BCUT2D eigenvalue weighted by atomic mass is 32.2. The second-order valence-electron chi connectivity index (χ2n) is 5.35. The van der Waals surface area contributed by atoms with Crippen LogP contribution in [0.4, 0.5) is 4.39 Å². The van der Waals surface area contributed by atoms with E-state index in [2.05, 4.69) is 9.97 Å². The summed E-state index contributed by atoms with van der Waals surface area (Å²) in [7, 11) is -3.23. The van der Waals surface area contributed by atoms with Crippen molar-refractivity contribution >= 4 is 9.84 Å². The molecule has 3 aromatic rings. The van der Waals surface area contributed by atoms with Crippen LogP contribution in [-0.2, 0) is 9.84 Å². The molecule has 4 nitrogen and oxygen atoms in total. The highest BCUT2D eigenvalue weighted by Gasteiger charge is 2.14. The molecule has 0 saturated heterocycles. The van der Waals surface area contributed by atoms with Crippen LogP contribution in [0.3, 0.4) is 0 Å². The lowest BCUT2D eigenvalue weighted by atomic mass is 10.1. The summed E-state index contributed by atoms with van der Waals surface area (Å²) in [6.45, 7) is 1.83. The molecule has 2 aromatic carbocycles. The molecule has 118 valence electrons. The van der Waals surface area contributed by atoms with Gasteiger partial charge in [-0.15, -0.1) is 0 Å². The Morgan fingerprint density at radius 3 is 2.09 bits per heavy atom. The summed E-state index contributed by atoms with van der Waals surface area (Å²) in [5, 5.41) is 0. The molecule has 0 aliphatic carbocycles. The number of rotatable bonds is 3. The van der Waals surface area contributed by atoms with Crippen LogP contribution in [-0.4, -0.2) is 24.6 Å². The Balaban J connectivity index is 2.09. The number of imidazole rings is 1. The third-order valence-electron chi connectivity index (χ3n) is 3.51. The fraction of sp³-hybridized carbons (Fsp3) is 0.118. The van der Waals surface area contributed by atoms with Crippen molar-refractivity contribution in [2.75, 3.05) is 6.26 Å². The number of aromatic amines is 1. The first-order valence-corrected chi connectivity index (χ1v) is 8.87. The molecule has 0 fully saturated rings. The number of aromatic nitrogens is 2. The van der Waals surface area contributed by atoms with Crippen molar-refractivity contribution in [1.82, 2.24) is 9.97 Å². The number of nitrogens with one attached hydrogen (secondary N) is 1. The lowest BCUT2D eigenvalue weighted by Crippen LogP contribution is -1.96. The standard InChI is InChI=1S/C17H15FN2O2S/c1-11-19-16(12-3-7-14(18)8-4-12)17(20-11)13-5-9-15(10-6-13)23(2,21)22/h3-10H,1-2H3,(H,19,20). The maximum Gasteiger partial charge on any atom is 0.175 e. The Hall–Kier alpha value is -2.47. The van der Waals surface area contributed by atoms with Crippen LogP contribution in [0.2, 0.25) is 0 Å². The van der Waals surface area contributed by atoms with Gasteiger partial charge < -0.3 is 4.98 Å². The molecule has 0 amide bonds. The molecule has 0 saturated carbocycles. The van der Waals surface area contributed by atoms with Crippen molar-refractivity contribution in [2.45, 2.75) is 11.8 Å². The van der Waals surface area contributed by atoms with Crippen molar-refractivity contribution in [3.8, 4) is 22.5 Å². The Bertz CT molecular complexity index is 943. The van der Waals surface area contributed by atoms with Gasteiger partial charge in [-0.1, -0.05) is 12.1 Å². The summed E-state index contributed by atoms with van der Waals surface area (Å²) in [5.41, 5.74) is 3.08. The number of halogens is 1. The van der Waals surface area contributed by atoms with Crippen LogP contribution in [0.1, 0.15) is 5.82 Å². The number of benzene rings is 2. The maximum absolute atomic E-state index is 13.1. The molecule has 0 spiro atoms. The van der Waals surface area contributed by atoms with Crippen molar-refractivity contribution < 1.29 is 12.8 Å². The van der Waals surface area contributed by atoms with E-state index in [-0.39, 0.29) is 10.7 Å². The third-order valence-corrected chi connectivity index (χ3v) is 4.64.